The van der Waals surface area contributed by atoms with Gasteiger partial charge in [-0.05, 0) is 56.6 Å². The highest BCUT2D eigenvalue weighted by Gasteiger charge is 2.38. The first-order valence-electron chi connectivity index (χ1n) is 15.4. The molecule has 0 N–H and O–H groups in total. The Hall–Kier alpha value is -3.59. The van der Waals surface area contributed by atoms with Gasteiger partial charge in [0.25, 0.3) is 11.8 Å². The highest BCUT2D eigenvalue weighted by molar-refractivity contribution is 6.21. The molecular weight excluding hydrogens is 537 g/mol. The van der Waals surface area contributed by atoms with Crippen molar-refractivity contribution in [3.05, 3.63) is 65.1 Å². The van der Waals surface area contributed by atoms with Crippen LogP contribution >= 0.6 is 0 Å². The quantitative estimate of drug-likeness (QED) is 0.123. The lowest BCUT2D eigenvalue weighted by molar-refractivity contribution is -0.150. The number of amides is 2. The summed E-state index contributed by atoms with van der Waals surface area (Å²) in [5, 5.41) is 5.07. The third-order valence-electron chi connectivity index (χ3n) is 8.45. The lowest BCUT2D eigenvalue weighted by Crippen LogP contribution is -2.46. The molecule has 2 aromatic carbocycles. The first kappa shape index (κ1) is 29.9. The maximum Gasteiger partial charge on any atom is 0.306 e. The first-order valence-corrected chi connectivity index (χ1v) is 15.4. The molecule has 3 aromatic rings. The van der Waals surface area contributed by atoms with Crippen LogP contribution < -0.4 is 0 Å². The molecule has 0 aliphatic carbocycles. The van der Waals surface area contributed by atoms with Crippen molar-refractivity contribution in [1.82, 2.24) is 15.0 Å². The second kappa shape index (κ2) is 14.1. The van der Waals surface area contributed by atoms with Gasteiger partial charge in [0.15, 0.2) is 5.58 Å². The number of carbonyl (C=O) groups is 3. The number of piperidine rings is 1. The van der Waals surface area contributed by atoms with Gasteiger partial charge in [0, 0.05) is 30.3 Å². The molecule has 1 atom stereocenters. The van der Waals surface area contributed by atoms with Crippen LogP contribution in [0.2, 0.25) is 0 Å². The van der Waals surface area contributed by atoms with Crippen molar-refractivity contribution in [2.24, 2.45) is 0 Å². The van der Waals surface area contributed by atoms with Gasteiger partial charge in [-0.15, -0.1) is 0 Å². The van der Waals surface area contributed by atoms with Gasteiger partial charge >= 0.3 is 5.97 Å². The van der Waals surface area contributed by atoms with Crippen molar-refractivity contribution in [1.29, 1.82) is 0 Å². The van der Waals surface area contributed by atoms with Crippen LogP contribution in [0, 0.1) is 5.82 Å². The molecule has 2 amide bonds. The molecule has 0 spiro atoms. The topological polar surface area (TPSA) is 92.9 Å². The Balaban J connectivity index is 1.19. The number of unbranched alkanes of at least 4 members (excludes halogenated alkanes) is 6. The van der Waals surface area contributed by atoms with Gasteiger partial charge in [-0.25, -0.2) is 4.39 Å². The van der Waals surface area contributed by atoms with Gasteiger partial charge in [0.2, 0.25) is 0 Å². The summed E-state index contributed by atoms with van der Waals surface area (Å²) in [7, 11) is 0. The molecule has 1 aromatic heterocycles. The Kier molecular flexibility index (Phi) is 10.00. The van der Waals surface area contributed by atoms with E-state index in [1.54, 1.807) is 30.3 Å². The van der Waals surface area contributed by atoms with Crippen LogP contribution in [-0.2, 0) is 9.53 Å². The van der Waals surface area contributed by atoms with Crippen molar-refractivity contribution in [2.45, 2.75) is 83.2 Å². The molecule has 1 fully saturated rings. The zero-order chi connectivity index (χ0) is 29.5. The molecule has 2 aliphatic rings. The normalized spacial score (nSPS) is 16.8. The van der Waals surface area contributed by atoms with Crippen LogP contribution in [0.5, 0.6) is 0 Å². The number of fused-ring (bicyclic) bond motifs is 2. The van der Waals surface area contributed by atoms with Crippen LogP contribution in [0.1, 0.15) is 103 Å². The summed E-state index contributed by atoms with van der Waals surface area (Å²) >= 11 is 0. The zero-order valence-electron chi connectivity index (χ0n) is 24.4. The third kappa shape index (κ3) is 7.06. The Bertz CT molecular complexity index is 1360. The predicted molar refractivity (Wildman–Crippen MR) is 157 cm³/mol. The molecule has 0 bridgehead atoms. The second-order valence-electron chi connectivity index (χ2n) is 11.5. The van der Waals surface area contributed by atoms with Crippen molar-refractivity contribution in [2.75, 3.05) is 26.2 Å². The van der Waals surface area contributed by atoms with Gasteiger partial charge in [0.05, 0.1) is 23.4 Å². The van der Waals surface area contributed by atoms with Gasteiger partial charge < -0.3 is 9.26 Å². The van der Waals surface area contributed by atoms with Gasteiger partial charge in [-0.2, -0.15) is 0 Å². The lowest BCUT2D eigenvalue weighted by Gasteiger charge is -2.34. The Morgan fingerprint density at radius 3 is 2.33 bits per heavy atom. The highest BCUT2D eigenvalue weighted by Crippen LogP contribution is 2.33. The number of hydrogen-bond donors (Lipinski definition) is 0. The molecule has 1 saturated heterocycles. The maximum atomic E-state index is 13.6. The summed E-state index contributed by atoms with van der Waals surface area (Å²) in [4.78, 5) is 42.4. The molecule has 3 heterocycles. The van der Waals surface area contributed by atoms with Crippen LogP contribution in [0.4, 0.5) is 4.39 Å². The number of esters is 1. The Morgan fingerprint density at radius 1 is 0.976 bits per heavy atom. The smallest absolute Gasteiger partial charge is 0.306 e. The molecule has 2 aliphatic heterocycles. The summed E-state index contributed by atoms with van der Waals surface area (Å²) in [5.74, 6) is -1.18. The maximum absolute atomic E-state index is 13.6. The number of nitrogens with zero attached hydrogens (tertiary/aromatic N) is 3. The number of imide groups is 1. The number of hydrogen-bond acceptors (Lipinski definition) is 7. The fraction of sp³-hybridized carbons (Fsp3) is 0.515. The van der Waals surface area contributed by atoms with Crippen molar-refractivity contribution < 1.29 is 28.0 Å². The van der Waals surface area contributed by atoms with E-state index in [9.17, 15) is 18.8 Å². The summed E-state index contributed by atoms with van der Waals surface area (Å²) in [6.07, 6.45) is 9.04. The largest absolute Gasteiger partial charge is 0.459 e. The number of benzene rings is 2. The molecule has 42 heavy (non-hydrogen) atoms. The molecule has 5 rings (SSSR count). The molecular formula is C33H40FN3O5. The fourth-order valence-electron chi connectivity index (χ4n) is 6.11. The van der Waals surface area contributed by atoms with E-state index in [0.29, 0.717) is 29.7 Å². The van der Waals surface area contributed by atoms with E-state index in [1.807, 2.05) is 0 Å². The van der Waals surface area contributed by atoms with Crippen LogP contribution in [-0.4, -0.2) is 65.0 Å². The molecule has 0 radical (unpaired) electrons. The number of aromatic nitrogens is 1. The minimum absolute atomic E-state index is 0.0223. The molecule has 224 valence electrons. The summed E-state index contributed by atoms with van der Waals surface area (Å²) in [5.41, 5.74) is 2.06. The first-order chi connectivity index (χ1) is 20.4. The van der Waals surface area contributed by atoms with E-state index < -0.39 is 6.10 Å². The van der Waals surface area contributed by atoms with Gasteiger partial charge in [-0.3, -0.25) is 24.2 Å². The summed E-state index contributed by atoms with van der Waals surface area (Å²) in [6.45, 7) is 4.10. The van der Waals surface area contributed by atoms with E-state index in [-0.39, 0.29) is 36.1 Å². The van der Waals surface area contributed by atoms with E-state index in [1.165, 1.54) is 42.7 Å². The van der Waals surface area contributed by atoms with E-state index >= 15 is 0 Å². The standard InChI is InChI=1S/C33H40FN3O5/c1-2-3-4-5-6-7-8-13-30(38)41-25(22-37-32(39)26-11-9-10-12-27(26)33(37)40)21-36-18-16-23(17-19-36)31-28-15-14-24(34)20-29(28)42-35-31/h9-12,14-15,20,23,25H,2-8,13,16-19,21-22H2,1H3. The van der Waals surface area contributed by atoms with E-state index in [4.69, 9.17) is 9.26 Å². The number of halogens is 1. The summed E-state index contributed by atoms with van der Waals surface area (Å²) < 4.78 is 24.9. The molecule has 9 heteroatoms. The Labute approximate surface area is 246 Å². The molecule has 0 saturated carbocycles. The van der Waals surface area contributed by atoms with Crippen molar-refractivity contribution in [3.8, 4) is 0 Å². The van der Waals surface area contributed by atoms with E-state index in [2.05, 4.69) is 17.0 Å². The highest BCUT2D eigenvalue weighted by atomic mass is 19.1. The van der Waals surface area contributed by atoms with Crippen LogP contribution in [0.3, 0.4) is 0 Å². The zero-order valence-corrected chi connectivity index (χ0v) is 24.4. The number of likely N-dealkylation sites (tertiary alicyclic amines) is 1. The van der Waals surface area contributed by atoms with Gasteiger partial charge in [-0.1, -0.05) is 62.7 Å². The third-order valence-corrected chi connectivity index (χ3v) is 8.45. The lowest BCUT2D eigenvalue weighted by atomic mass is 9.91. The minimum Gasteiger partial charge on any atom is -0.459 e. The number of rotatable bonds is 14. The monoisotopic (exact) mass is 577 g/mol. The van der Waals surface area contributed by atoms with Crippen LogP contribution in [0.15, 0.2) is 47.0 Å². The van der Waals surface area contributed by atoms with E-state index in [0.717, 1.165) is 56.3 Å². The average Bonchev–Trinajstić information content (AvgIpc) is 3.51. The van der Waals surface area contributed by atoms with Crippen molar-refractivity contribution >= 4 is 28.8 Å². The molecule has 8 nitrogen and oxygen atoms in total. The minimum atomic E-state index is -0.628. The number of carbonyl (C=O) groups excluding carboxylic acids is 3. The fourth-order valence-corrected chi connectivity index (χ4v) is 6.11. The number of ether oxygens (including phenoxy) is 1. The molecule has 1 unspecified atom stereocenters. The van der Waals surface area contributed by atoms with Gasteiger partial charge in [0.1, 0.15) is 11.9 Å². The SMILES string of the molecule is CCCCCCCCCC(=O)OC(CN1CCC(c2noc3cc(F)ccc23)CC1)CN1C(=O)c2ccccc2C1=O. The Morgan fingerprint density at radius 2 is 1.64 bits per heavy atom. The summed E-state index contributed by atoms with van der Waals surface area (Å²) in [6, 6.07) is 11.3. The van der Waals surface area contributed by atoms with Crippen molar-refractivity contribution in [3.63, 3.8) is 0 Å². The average molecular weight is 578 g/mol. The predicted octanol–water partition coefficient (Wildman–Crippen LogP) is 6.50. The van der Waals surface area contributed by atoms with Crippen LogP contribution in [0.25, 0.3) is 11.0 Å². The second-order valence-corrected chi connectivity index (χ2v) is 11.5.